The first-order chi connectivity index (χ1) is 10.7. The van der Waals surface area contributed by atoms with E-state index >= 15 is 0 Å². The molecule has 0 bridgehead atoms. The van der Waals surface area contributed by atoms with Gasteiger partial charge in [-0.25, -0.2) is 0 Å². The Labute approximate surface area is 143 Å². The first kappa shape index (κ1) is 15.7. The van der Waals surface area contributed by atoms with Gasteiger partial charge >= 0.3 is 0 Å². The number of hydrogen-bond acceptors (Lipinski definition) is 3. The van der Waals surface area contributed by atoms with E-state index in [1.165, 1.54) is 5.56 Å². The van der Waals surface area contributed by atoms with Crippen LogP contribution in [0.15, 0.2) is 40.9 Å². The van der Waals surface area contributed by atoms with Crippen molar-refractivity contribution in [3.63, 3.8) is 0 Å². The van der Waals surface area contributed by atoms with Gasteiger partial charge in [0.2, 0.25) is 0 Å². The van der Waals surface area contributed by atoms with Gasteiger partial charge in [-0.15, -0.1) is 0 Å². The molecule has 0 aliphatic carbocycles. The molecule has 0 amide bonds. The average Bonchev–Trinajstić information content (AvgIpc) is 2.55. The van der Waals surface area contributed by atoms with Crippen molar-refractivity contribution in [2.45, 2.75) is 19.1 Å². The fourth-order valence-corrected chi connectivity index (χ4v) is 3.17. The molecule has 1 aliphatic heterocycles. The van der Waals surface area contributed by atoms with Gasteiger partial charge in [-0.05, 0) is 35.1 Å². The van der Waals surface area contributed by atoms with Gasteiger partial charge in [-0.2, -0.15) is 0 Å². The lowest BCUT2D eigenvalue weighted by atomic mass is 10.0. The molecular formula is C17H17BrClNO2. The van der Waals surface area contributed by atoms with E-state index in [9.17, 15) is 0 Å². The highest BCUT2D eigenvalue weighted by molar-refractivity contribution is 9.10. The minimum absolute atomic E-state index is 0.345. The summed E-state index contributed by atoms with van der Waals surface area (Å²) in [6.45, 7) is 1.14. The number of halogens is 2. The Kier molecular flexibility index (Phi) is 4.91. The molecule has 1 atom stereocenters. The van der Waals surface area contributed by atoms with Crippen molar-refractivity contribution in [2.75, 3.05) is 13.7 Å². The lowest BCUT2D eigenvalue weighted by Crippen LogP contribution is -2.23. The second-order valence-electron chi connectivity index (χ2n) is 5.18. The number of rotatable bonds is 4. The van der Waals surface area contributed by atoms with Crippen LogP contribution in [0, 0.1) is 0 Å². The van der Waals surface area contributed by atoms with Crippen LogP contribution in [0.5, 0.6) is 11.5 Å². The number of fused-ring (bicyclic) bond motifs is 1. The molecule has 1 aliphatic rings. The van der Waals surface area contributed by atoms with Crippen LogP contribution in [0.4, 0.5) is 0 Å². The van der Waals surface area contributed by atoms with Crippen molar-refractivity contribution in [1.29, 1.82) is 0 Å². The molecule has 2 aromatic carbocycles. The summed E-state index contributed by atoms with van der Waals surface area (Å²) in [4.78, 5) is 0. The van der Waals surface area contributed by atoms with Crippen LogP contribution in [-0.4, -0.2) is 13.7 Å². The van der Waals surface area contributed by atoms with Crippen LogP contribution >= 0.6 is 27.5 Å². The normalized spacial score (nSPS) is 16.8. The third kappa shape index (κ3) is 3.24. The molecule has 0 aromatic heterocycles. The van der Waals surface area contributed by atoms with Gasteiger partial charge in [0.05, 0.1) is 11.6 Å². The lowest BCUT2D eigenvalue weighted by molar-refractivity contribution is 0.252. The van der Waals surface area contributed by atoms with Crippen molar-refractivity contribution in [3.05, 3.63) is 57.0 Å². The Bertz CT molecular complexity index is 678. The third-order valence-corrected chi connectivity index (χ3v) is 5.13. The SMILES string of the molecule is CNC1CCOc2cc(OCc3cccc(Br)c3Cl)ccc21. The number of hydrogen-bond donors (Lipinski definition) is 1. The lowest BCUT2D eigenvalue weighted by Gasteiger charge is -2.26. The highest BCUT2D eigenvalue weighted by atomic mass is 79.9. The van der Waals surface area contributed by atoms with Crippen molar-refractivity contribution in [1.82, 2.24) is 5.32 Å². The smallest absolute Gasteiger partial charge is 0.127 e. The predicted molar refractivity (Wildman–Crippen MR) is 91.8 cm³/mol. The molecule has 1 heterocycles. The molecule has 1 unspecified atom stereocenters. The predicted octanol–water partition coefficient (Wildman–Crippen LogP) is 4.72. The molecular weight excluding hydrogens is 366 g/mol. The van der Waals surface area contributed by atoms with Gasteiger partial charge in [-0.3, -0.25) is 0 Å². The second-order valence-corrected chi connectivity index (χ2v) is 6.41. The standard InChI is InChI=1S/C17H17BrClNO2/c1-20-15-7-8-21-16-9-12(5-6-13(15)16)22-10-11-3-2-4-14(18)17(11)19/h2-6,9,15,20H,7-8,10H2,1H3. The van der Waals surface area contributed by atoms with Crippen molar-refractivity contribution in [3.8, 4) is 11.5 Å². The van der Waals surface area contributed by atoms with Gasteiger partial charge < -0.3 is 14.8 Å². The summed E-state index contributed by atoms with van der Waals surface area (Å²) in [7, 11) is 1.97. The molecule has 0 spiro atoms. The minimum atomic E-state index is 0.345. The Morgan fingerprint density at radius 3 is 3.05 bits per heavy atom. The third-order valence-electron chi connectivity index (χ3n) is 3.80. The van der Waals surface area contributed by atoms with Crippen LogP contribution < -0.4 is 14.8 Å². The van der Waals surface area contributed by atoms with Gasteiger partial charge in [0.15, 0.2) is 0 Å². The monoisotopic (exact) mass is 381 g/mol. The zero-order valence-electron chi connectivity index (χ0n) is 12.2. The molecule has 0 saturated carbocycles. The first-order valence-corrected chi connectivity index (χ1v) is 8.36. The molecule has 1 N–H and O–H groups in total. The summed E-state index contributed by atoms with van der Waals surface area (Å²) in [6, 6.07) is 12.1. The van der Waals surface area contributed by atoms with Crippen LogP contribution in [0.3, 0.4) is 0 Å². The van der Waals surface area contributed by atoms with E-state index in [0.29, 0.717) is 17.7 Å². The molecule has 0 saturated heterocycles. The molecule has 2 aromatic rings. The van der Waals surface area contributed by atoms with Crippen LogP contribution in [0.2, 0.25) is 5.02 Å². The molecule has 22 heavy (non-hydrogen) atoms. The summed E-state index contributed by atoms with van der Waals surface area (Å²) in [5, 5.41) is 3.99. The van der Waals surface area contributed by atoms with E-state index in [2.05, 4.69) is 27.3 Å². The molecule has 3 nitrogen and oxygen atoms in total. The molecule has 0 radical (unpaired) electrons. The van der Waals surface area contributed by atoms with Crippen LogP contribution in [-0.2, 0) is 6.61 Å². The Morgan fingerprint density at radius 2 is 2.23 bits per heavy atom. The average molecular weight is 383 g/mol. The van der Waals surface area contributed by atoms with Gasteiger partial charge in [0.1, 0.15) is 18.1 Å². The summed E-state index contributed by atoms with van der Waals surface area (Å²) < 4.78 is 12.5. The molecule has 5 heteroatoms. The summed E-state index contributed by atoms with van der Waals surface area (Å²) >= 11 is 9.67. The first-order valence-electron chi connectivity index (χ1n) is 7.18. The summed E-state index contributed by atoms with van der Waals surface area (Å²) in [5.41, 5.74) is 2.13. The van der Waals surface area contributed by atoms with Crippen LogP contribution in [0.25, 0.3) is 0 Å². The van der Waals surface area contributed by atoms with E-state index in [1.807, 2.05) is 37.4 Å². The fraction of sp³-hybridized carbons (Fsp3) is 0.294. The maximum Gasteiger partial charge on any atom is 0.127 e. The zero-order chi connectivity index (χ0) is 15.5. The van der Waals surface area contributed by atoms with Crippen LogP contribution in [0.1, 0.15) is 23.6 Å². The quantitative estimate of drug-likeness (QED) is 0.829. The number of ether oxygens (including phenoxy) is 2. The molecule has 3 rings (SSSR count). The van der Waals surface area contributed by atoms with Gasteiger partial charge in [0.25, 0.3) is 0 Å². The number of benzene rings is 2. The fourth-order valence-electron chi connectivity index (χ4n) is 2.58. The van der Waals surface area contributed by atoms with Crippen molar-refractivity contribution in [2.24, 2.45) is 0 Å². The Morgan fingerprint density at radius 1 is 1.36 bits per heavy atom. The Hall–Kier alpha value is -1.23. The summed E-state index contributed by atoms with van der Waals surface area (Å²) in [6.07, 6.45) is 0.983. The van der Waals surface area contributed by atoms with Gasteiger partial charge in [-0.1, -0.05) is 29.8 Å². The van der Waals surface area contributed by atoms with E-state index in [4.69, 9.17) is 21.1 Å². The topological polar surface area (TPSA) is 30.5 Å². The largest absolute Gasteiger partial charge is 0.493 e. The van der Waals surface area contributed by atoms with Crippen molar-refractivity contribution < 1.29 is 9.47 Å². The van der Waals surface area contributed by atoms with E-state index in [-0.39, 0.29) is 0 Å². The summed E-state index contributed by atoms with van der Waals surface area (Å²) in [5.74, 6) is 1.68. The van der Waals surface area contributed by atoms with Crippen molar-refractivity contribution >= 4 is 27.5 Å². The zero-order valence-corrected chi connectivity index (χ0v) is 14.6. The maximum absolute atomic E-state index is 6.25. The van der Waals surface area contributed by atoms with E-state index in [0.717, 1.165) is 34.6 Å². The van der Waals surface area contributed by atoms with E-state index < -0.39 is 0 Å². The highest BCUT2D eigenvalue weighted by Crippen LogP contribution is 2.35. The highest BCUT2D eigenvalue weighted by Gasteiger charge is 2.20. The molecule has 0 fully saturated rings. The second kappa shape index (κ2) is 6.90. The number of nitrogens with one attached hydrogen (secondary N) is 1. The molecule has 116 valence electrons. The minimum Gasteiger partial charge on any atom is -0.493 e. The van der Waals surface area contributed by atoms with E-state index in [1.54, 1.807) is 0 Å². The Balaban J connectivity index is 1.75. The van der Waals surface area contributed by atoms with Gasteiger partial charge in [0, 0.05) is 34.1 Å². The maximum atomic E-state index is 6.25.